The van der Waals surface area contributed by atoms with Crippen molar-refractivity contribution < 1.29 is 23.7 Å². The van der Waals surface area contributed by atoms with E-state index in [0.29, 0.717) is 49.5 Å². The number of para-hydroxylation sites is 1. The molecule has 3 aromatic carbocycles. The summed E-state index contributed by atoms with van der Waals surface area (Å²) in [6, 6.07) is 19.6. The molecule has 2 heterocycles. The highest BCUT2D eigenvalue weighted by Crippen LogP contribution is 2.36. The molecule has 1 N–H and O–H groups in total. The van der Waals surface area contributed by atoms with E-state index in [0.717, 1.165) is 38.8 Å². The van der Waals surface area contributed by atoms with Gasteiger partial charge in [0.05, 0.1) is 30.4 Å². The summed E-state index contributed by atoms with van der Waals surface area (Å²) in [6.07, 6.45) is 3.26. The number of nitrogens with zero attached hydrogens (tertiary/aromatic N) is 3. The Morgan fingerprint density at radius 3 is 2.26 bits per heavy atom. The Morgan fingerprint density at radius 1 is 0.718 bits per heavy atom. The van der Waals surface area contributed by atoms with Crippen molar-refractivity contribution in [3.8, 4) is 23.0 Å². The minimum absolute atomic E-state index is 0.381. The van der Waals surface area contributed by atoms with E-state index in [-0.39, 0.29) is 0 Å². The molecule has 5 aromatic rings. The van der Waals surface area contributed by atoms with Gasteiger partial charge in [-0.25, -0.2) is 9.97 Å². The van der Waals surface area contributed by atoms with Gasteiger partial charge in [-0.15, -0.1) is 0 Å². The molecule has 0 atom stereocenters. The van der Waals surface area contributed by atoms with Crippen LogP contribution >= 0.6 is 0 Å². The maximum Gasteiger partial charge on any atom is 0.163 e. The second kappa shape index (κ2) is 12.4. The Hall–Kier alpha value is -4.47. The highest BCUT2D eigenvalue weighted by atomic mass is 16.5. The topological polar surface area (TPSA) is 96.9 Å². The number of ether oxygens (including phenoxy) is 5. The molecule has 200 valence electrons. The molecule has 0 radical (unpaired) electrons. The highest BCUT2D eigenvalue weighted by Gasteiger charge is 2.14. The van der Waals surface area contributed by atoms with Crippen LogP contribution in [0.1, 0.15) is 5.56 Å². The molecule has 0 aliphatic rings. The molecule has 0 spiro atoms. The smallest absolute Gasteiger partial charge is 0.163 e. The van der Waals surface area contributed by atoms with Crippen molar-refractivity contribution in [3.63, 3.8) is 0 Å². The van der Waals surface area contributed by atoms with Gasteiger partial charge in [0.25, 0.3) is 0 Å². The van der Waals surface area contributed by atoms with Crippen LogP contribution in [-0.2, 0) is 9.47 Å². The highest BCUT2D eigenvalue weighted by molar-refractivity contribution is 5.93. The first-order valence-electron chi connectivity index (χ1n) is 12.6. The van der Waals surface area contributed by atoms with Gasteiger partial charge in [-0.3, -0.25) is 4.98 Å². The van der Waals surface area contributed by atoms with E-state index in [1.807, 2.05) is 67.6 Å². The monoisotopic (exact) mass is 526 g/mol. The first-order chi connectivity index (χ1) is 19.1. The third kappa shape index (κ3) is 6.34. The van der Waals surface area contributed by atoms with Crippen LogP contribution < -0.4 is 19.5 Å². The van der Waals surface area contributed by atoms with Crippen LogP contribution in [-0.4, -0.2) is 55.6 Å². The molecule has 9 heteroatoms. The van der Waals surface area contributed by atoms with Gasteiger partial charge in [0.2, 0.25) is 0 Å². The molecule has 0 fully saturated rings. The lowest BCUT2D eigenvalue weighted by atomic mass is 10.1. The van der Waals surface area contributed by atoms with Crippen molar-refractivity contribution in [1.29, 1.82) is 0 Å². The number of aryl methyl sites for hydroxylation is 1. The molecular formula is C30H30N4O5. The number of anilines is 2. The van der Waals surface area contributed by atoms with Crippen molar-refractivity contribution in [2.75, 3.05) is 46.0 Å². The second-order valence-electron chi connectivity index (χ2n) is 8.79. The second-order valence-corrected chi connectivity index (χ2v) is 8.79. The maximum atomic E-state index is 6.14. The number of hydrogen-bond acceptors (Lipinski definition) is 9. The van der Waals surface area contributed by atoms with Gasteiger partial charge >= 0.3 is 0 Å². The molecular weight excluding hydrogens is 496 g/mol. The summed E-state index contributed by atoms with van der Waals surface area (Å²) in [5, 5.41) is 5.23. The van der Waals surface area contributed by atoms with Crippen molar-refractivity contribution in [1.82, 2.24) is 15.0 Å². The van der Waals surface area contributed by atoms with Gasteiger partial charge in [0, 0.05) is 36.7 Å². The number of fused-ring (bicyclic) bond motifs is 2. The number of methoxy groups -OCH3 is 2. The fraction of sp³-hybridized carbons (Fsp3) is 0.233. The zero-order chi connectivity index (χ0) is 27.0. The summed E-state index contributed by atoms with van der Waals surface area (Å²) in [7, 11) is 3.26. The Morgan fingerprint density at radius 2 is 1.49 bits per heavy atom. The van der Waals surface area contributed by atoms with Crippen molar-refractivity contribution in [3.05, 3.63) is 78.8 Å². The Labute approximate surface area is 226 Å². The average Bonchev–Trinajstić information content (AvgIpc) is 2.95. The lowest BCUT2D eigenvalue weighted by Gasteiger charge is -2.16. The quantitative estimate of drug-likeness (QED) is 0.194. The van der Waals surface area contributed by atoms with Gasteiger partial charge in [-0.2, -0.15) is 0 Å². The number of nitrogens with one attached hydrogen (secondary N) is 1. The van der Waals surface area contributed by atoms with Crippen LogP contribution in [0.5, 0.6) is 23.0 Å². The number of hydrogen-bond donors (Lipinski definition) is 1. The van der Waals surface area contributed by atoms with Gasteiger partial charge in [0.15, 0.2) is 11.5 Å². The van der Waals surface area contributed by atoms with Crippen molar-refractivity contribution in [2.24, 2.45) is 0 Å². The summed E-state index contributed by atoms with van der Waals surface area (Å²) in [4.78, 5) is 13.4. The summed E-state index contributed by atoms with van der Waals surface area (Å²) in [5.74, 6) is 3.24. The normalized spacial score (nSPS) is 11.1. The predicted octanol–water partition coefficient (Wildman–Crippen LogP) is 6.07. The van der Waals surface area contributed by atoms with E-state index in [1.54, 1.807) is 20.4 Å². The van der Waals surface area contributed by atoms with Crippen LogP contribution in [0.15, 0.2) is 73.2 Å². The molecule has 0 saturated carbocycles. The minimum Gasteiger partial charge on any atom is -0.487 e. The third-order valence-electron chi connectivity index (χ3n) is 6.02. The molecule has 0 bridgehead atoms. The molecule has 39 heavy (non-hydrogen) atoms. The maximum absolute atomic E-state index is 6.14. The summed E-state index contributed by atoms with van der Waals surface area (Å²) >= 11 is 0. The van der Waals surface area contributed by atoms with E-state index < -0.39 is 0 Å². The molecule has 0 aliphatic carbocycles. The first-order valence-corrected chi connectivity index (χ1v) is 12.6. The fourth-order valence-corrected chi connectivity index (χ4v) is 4.07. The molecule has 9 nitrogen and oxygen atoms in total. The van der Waals surface area contributed by atoms with Crippen molar-refractivity contribution in [2.45, 2.75) is 6.92 Å². The van der Waals surface area contributed by atoms with Crippen LogP contribution in [0, 0.1) is 6.92 Å². The average molecular weight is 527 g/mol. The van der Waals surface area contributed by atoms with Gasteiger partial charge in [-0.1, -0.05) is 18.2 Å². The number of rotatable bonds is 12. The molecule has 0 amide bonds. The van der Waals surface area contributed by atoms with Gasteiger partial charge < -0.3 is 29.0 Å². The summed E-state index contributed by atoms with van der Waals surface area (Å²) in [5.41, 5.74) is 3.47. The zero-order valence-electron chi connectivity index (χ0n) is 22.1. The zero-order valence-corrected chi connectivity index (χ0v) is 22.1. The van der Waals surface area contributed by atoms with E-state index >= 15 is 0 Å². The third-order valence-corrected chi connectivity index (χ3v) is 6.02. The van der Waals surface area contributed by atoms with Crippen LogP contribution in [0.2, 0.25) is 0 Å². The predicted molar refractivity (Wildman–Crippen MR) is 151 cm³/mol. The molecule has 5 rings (SSSR count). The molecule has 0 saturated heterocycles. The van der Waals surface area contributed by atoms with Gasteiger partial charge in [0.1, 0.15) is 36.9 Å². The minimum atomic E-state index is 0.381. The standard InChI is InChI=1S/C30H30N4O5/c1-20-14-22(8-9-27(20)39-23-15-21-6-4-5-7-25(21)31-18-23)34-30-24-16-28(37-12-10-35-2)29(38-13-11-36-3)17-26(24)32-19-33-30/h4-9,14-19H,10-13H2,1-3H3,(H,32,33,34). The lowest BCUT2D eigenvalue weighted by molar-refractivity contribution is 0.132. The van der Waals surface area contributed by atoms with E-state index in [2.05, 4.69) is 20.3 Å². The largest absolute Gasteiger partial charge is 0.487 e. The molecule has 0 aliphatic heterocycles. The number of pyridine rings is 1. The number of benzene rings is 3. The molecule has 0 unspecified atom stereocenters. The van der Waals surface area contributed by atoms with Crippen LogP contribution in [0.4, 0.5) is 11.5 Å². The van der Waals surface area contributed by atoms with E-state index in [9.17, 15) is 0 Å². The van der Waals surface area contributed by atoms with Crippen LogP contribution in [0.25, 0.3) is 21.8 Å². The Bertz CT molecular complexity index is 1580. The SMILES string of the molecule is COCCOc1cc2ncnc(Nc3ccc(Oc4cnc5ccccc5c4)c(C)c3)c2cc1OCCOC. The Balaban J connectivity index is 1.38. The summed E-state index contributed by atoms with van der Waals surface area (Å²) in [6.45, 7) is 3.68. The van der Waals surface area contributed by atoms with Crippen molar-refractivity contribution >= 4 is 33.3 Å². The molecule has 2 aromatic heterocycles. The number of aromatic nitrogens is 3. The Kier molecular flexibility index (Phi) is 8.30. The lowest BCUT2D eigenvalue weighted by Crippen LogP contribution is -2.09. The van der Waals surface area contributed by atoms with Gasteiger partial charge in [-0.05, 0) is 48.9 Å². The fourth-order valence-electron chi connectivity index (χ4n) is 4.07. The van der Waals surface area contributed by atoms with E-state index in [1.165, 1.54) is 6.33 Å². The van der Waals surface area contributed by atoms with Crippen LogP contribution in [0.3, 0.4) is 0 Å². The first kappa shape index (κ1) is 26.1. The summed E-state index contributed by atoms with van der Waals surface area (Å²) < 4.78 is 28.2. The van der Waals surface area contributed by atoms with E-state index in [4.69, 9.17) is 23.7 Å².